The van der Waals surface area contributed by atoms with E-state index in [1.54, 1.807) is 60.7 Å². The standard InChI is InChI=1S/C32H24BrN3O5/c1-40-31(38)27-25(19-10-4-3-5-11-19)22(17-34)30(35)36(29(27)32(39)41-2)28-21(13-8-14-23(28)33)26-20-12-7-6-9-18(20)15-16-24(26)37/h3-16,25,37H,35H2,1-2H3. The van der Waals surface area contributed by atoms with Crippen molar-refractivity contribution in [3.63, 3.8) is 0 Å². The van der Waals surface area contributed by atoms with Crippen LogP contribution in [0.3, 0.4) is 0 Å². The van der Waals surface area contributed by atoms with E-state index in [2.05, 4.69) is 22.0 Å². The van der Waals surface area contributed by atoms with Crippen LogP contribution >= 0.6 is 15.9 Å². The topological polar surface area (TPSA) is 126 Å². The number of halogens is 1. The lowest BCUT2D eigenvalue weighted by atomic mass is 9.80. The van der Waals surface area contributed by atoms with Crippen molar-refractivity contribution in [2.24, 2.45) is 5.73 Å². The normalized spacial score (nSPS) is 15.1. The Labute approximate surface area is 244 Å². The van der Waals surface area contributed by atoms with Crippen LogP contribution in [-0.4, -0.2) is 31.3 Å². The van der Waals surface area contributed by atoms with Gasteiger partial charge in [-0.25, -0.2) is 9.59 Å². The number of anilines is 1. The molecule has 1 aliphatic rings. The number of hydrogen-bond acceptors (Lipinski definition) is 8. The maximum absolute atomic E-state index is 13.6. The minimum Gasteiger partial charge on any atom is -0.507 e. The maximum Gasteiger partial charge on any atom is 0.355 e. The van der Waals surface area contributed by atoms with E-state index in [4.69, 9.17) is 15.2 Å². The smallest absolute Gasteiger partial charge is 0.355 e. The number of methoxy groups -OCH3 is 2. The fourth-order valence-electron chi connectivity index (χ4n) is 5.23. The molecular formula is C32H24BrN3O5. The summed E-state index contributed by atoms with van der Waals surface area (Å²) in [6.07, 6.45) is 0. The third kappa shape index (κ3) is 4.58. The van der Waals surface area contributed by atoms with Crippen LogP contribution in [0.15, 0.2) is 112 Å². The molecule has 9 heteroatoms. The van der Waals surface area contributed by atoms with Crippen molar-refractivity contribution in [3.05, 3.63) is 118 Å². The van der Waals surface area contributed by atoms with Crippen LogP contribution in [-0.2, 0) is 19.1 Å². The van der Waals surface area contributed by atoms with Crippen LogP contribution in [0.5, 0.6) is 5.75 Å². The maximum atomic E-state index is 13.6. The van der Waals surface area contributed by atoms with E-state index in [1.165, 1.54) is 19.1 Å². The number of nitrogens with zero attached hydrogens (tertiary/aromatic N) is 2. The first-order valence-corrected chi connectivity index (χ1v) is 13.3. The molecule has 5 rings (SSSR count). The van der Waals surface area contributed by atoms with Gasteiger partial charge in [-0.15, -0.1) is 0 Å². The average Bonchev–Trinajstić information content (AvgIpc) is 3.00. The van der Waals surface area contributed by atoms with Crippen LogP contribution < -0.4 is 10.6 Å². The van der Waals surface area contributed by atoms with Gasteiger partial charge in [0.15, 0.2) is 0 Å². The van der Waals surface area contributed by atoms with E-state index in [0.717, 1.165) is 10.8 Å². The highest BCUT2D eigenvalue weighted by atomic mass is 79.9. The van der Waals surface area contributed by atoms with Gasteiger partial charge >= 0.3 is 11.9 Å². The summed E-state index contributed by atoms with van der Waals surface area (Å²) in [5, 5.41) is 23.1. The Morgan fingerprint density at radius 3 is 2.29 bits per heavy atom. The summed E-state index contributed by atoms with van der Waals surface area (Å²) in [6.45, 7) is 0. The van der Waals surface area contributed by atoms with Crippen molar-refractivity contribution < 1.29 is 24.2 Å². The monoisotopic (exact) mass is 609 g/mol. The second-order valence-electron chi connectivity index (χ2n) is 9.15. The molecule has 1 atom stereocenters. The molecular weight excluding hydrogens is 586 g/mol. The highest BCUT2D eigenvalue weighted by molar-refractivity contribution is 9.10. The minimum atomic E-state index is -1.00. The summed E-state index contributed by atoms with van der Waals surface area (Å²) in [5.74, 6) is -2.79. The lowest BCUT2D eigenvalue weighted by molar-refractivity contribution is -0.139. The molecule has 4 aromatic rings. The Morgan fingerprint density at radius 2 is 1.61 bits per heavy atom. The Kier molecular flexibility index (Phi) is 7.51. The SMILES string of the molecule is COC(=O)C1=C(C(=O)OC)N(c2c(Br)cccc2-c2c(O)ccc3ccccc23)C(N)=C(C#N)C1c1ccccc1. The van der Waals surface area contributed by atoms with E-state index in [9.17, 15) is 20.0 Å². The van der Waals surface area contributed by atoms with Crippen molar-refractivity contribution in [1.82, 2.24) is 0 Å². The van der Waals surface area contributed by atoms with Gasteiger partial charge in [0.2, 0.25) is 0 Å². The number of benzene rings is 4. The Balaban J connectivity index is 1.92. The third-order valence-corrected chi connectivity index (χ3v) is 7.64. The molecule has 1 aliphatic heterocycles. The van der Waals surface area contributed by atoms with Crippen LogP contribution in [0, 0.1) is 11.3 Å². The second-order valence-corrected chi connectivity index (χ2v) is 10.0. The number of rotatable bonds is 5. The Hall–Kier alpha value is -5.07. The molecule has 204 valence electrons. The number of allylic oxidation sites excluding steroid dienone is 1. The number of phenolic OH excluding ortho intramolecular Hbond substituents is 1. The quantitative estimate of drug-likeness (QED) is 0.269. The predicted octanol–water partition coefficient (Wildman–Crippen LogP) is 5.87. The molecule has 41 heavy (non-hydrogen) atoms. The Morgan fingerprint density at radius 1 is 0.927 bits per heavy atom. The van der Waals surface area contributed by atoms with Crippen molar-refractivity contribution in [3.8, 4) is 22.9 Å². The molecule has 0 aromatic heterocycles. The molecule has 0 amide bonds. The second kappa shape index (κ2) is 11.2. The molecule has 1 unspecified atom stereocenters. The van der Waals surface area contributed by atoms with Crippen molar-refractivity contribution in [2.45, 2.75) is 5.92 Å². The number of ether oxygens (including phenoxy) is 2. The third-order valence-electron chi connectivity index (χ3n) is 7.00. The molecule has 0 radical (unpaired) electrons. The Bertz CT molecular complexity index is 1810. The first-order chi connectivity index (χ1) is 19.8. The number of hydrogen-bond donors (Lipinski definition) is 2. The van der Waals surface area contributed by atoms with Gasteiger partial charge in [-0.3, -0.25) is 4.90 Å². The summed E-state index contributed by atoms with van der Waals surface area (Å²) in [4.78, 5) is 28.4. The number of aromatic hydroxyl groups is 1. The summed E-state index contributed by atoms with van der Waals surface area (Å²) < 4.78 is 10.8. The van der Waals surface area contributed by atoms with Gasteiger partial charge in [0, 0.05) is 15.6 Å². The molecule has 1 heterocycles. The molecule has 0 fully saturated rings. The van der Waals surface area contributed by atoms with Gasteiger partial charge in [0.05, 0.1) is 43.0 Å². The lowest BCUT2D eigenvalue weighted by Gasteiger charge is -2.37. The minimum absolute atomic E-state index is 0.0120. The largest absolute Gasteiger partial charge is 0.507 e. The highest BCUT2D eigenvalue weighted by Gasteiger charge is 2.44. The summed E-state index contributed by atoms with van der Waals surface area (Å²) >= 11 is 3.60. The fraction of sp³-hybridized carbons (Fsp3) is 0.0938. The fourth-order valence-corrected chi connectivity index (χ4v) is 5.78. The summed E-state index contributed by atoms with van der Waals surface area (Å²) in [5.41, 5.74) is 8.30. The molecule has 0 spiro atoms. The number of fused-ring (bicyclic) bond motifs is 1. The highest BCUT2D eigenvalue weighted by Crippen LogP contribution is 2.50. The van der Waals surface area contributed by atoms with Crippen LogP contribution in [0.1, 0.15) is 11.5 Å². The van der Waals surface area contributed by atoms with Gasteiger partial charge in [-0.05, 0) is 44.4 Å². The molecule has 0 bridgehead atoms. The number of carbonyl (C=O) groups excluding carboxylic acids is 2. The zero-order valence-electron chi connectivity index (χ0n) is 22.1. The first kappa shape index (κ1) is 27.5. The van der Waals surface area contributed by atoms with Gasteiger partial charge in [-0.1, -0.05) is 72.8 Å². The van der Waals surface area contributed by atoms with E-state index in [-0.39, 0.29) is 28.4 Å². The lowest BCUT2D eigenvalue weighted by Crippen LogP contribution is -2.41. The summed E-state index contributed by atoms with van der Waals surface area (Å²) in [6, 6.07) is 27.1. The van der Waals surface area contributed by atoms with E-state index in [1.807, 2.05) is 24.3 Å². The van der Waals surface area contributed by atoms with Gasteiger partial charge in [-0.2, -0.15) is 5.26 Å². The van der Waals surface area contributed by atoms with Gasteiger partial charge in [0.1, 0.15) is 17.3 Å². The van der Waals surface area contributed by atoms with Crippen molar-refractivity contribution in [1.29, 1.82) is 5.26 Å². The van der Waals surface area contributed by atoms with Crippen LogP contribution in [0.4, 0.5) is 5.69 Å². The zero-order valence-corrected chi connectivity index (χ0v) is 23.7. The van der Waals surface area contributed by atoms with Crippen LogP contribution in [0.2, 0.25) is 0 Å². The molecule has 3 N–H and O–H groups in total. The number of nitrogens with two attached hydrogens (primary N) is 1. The van der Waals surface area contributed by atoms with Gasteiger partial charge < -0.3 is 20.3 Å². The first-order valence-electron chi connectivity index (χ1n) is 12.5. The van der Waals surface area contributed by atoms with E-state index >= 15 is 0 Å². The molecule has 0 saturated carbocycles. The summed E-state index contributed by atoms with van der Waals surface area (Å²) in [7, 11) is 2.39. The number of para-hydroxylation sites is 1. The molecule has 0 aliphatic carbocycles. The number of esters is 2. The number of nitriles is 1. The van der Waals surface area contributed by atoms with E-state index in [0.29, 0.717) is 26.9 Å². The predicted molar refractivity (Wildman–Crippen MR) is 158 cm³/mol. The zero-order chi connectivity index (χ0) is 29.3. The molecule has 8 nitrogen and oxygen atoms in total. The molecule has 4 aromatic carbocycles. The van der Waals surface area contributed by atoms with Crippen molar-refractivity contribution >= 4 is 44.3 Å². The number of phenols is 1. The van der Waals surface area contributed by atoms with Crippen LogP contribution in [0.25, 0.3) is 21.9 Å². The van der Waals surface area contributed by atoms with E-state index < -0.39 is 17.9 Å². The number of carbonyl (C=O) groups is 2. The van der Waals surface area contributed by atoms with Gasteiger partial charge in [0.25, 0.3) is 0 Å². The average molecular weight is 610 g/mol. The van der Waals surface area contributed by atoms with Crippen molar-refractivity contribution in [2.75, 3.05) is 19.1 Å². The molecule has 0 saturated heterocycles.